The van der Waals surface area contributed by atoms with E-state index < -0.39 is 12.0 Å². The van der Waals surface area contributed by atoms with E-state index in [1.165, 1.54) is 0 Å². The van der Waals surface area contributed by atoms with Gasteiger partial charge in [-0.05, 0) is 30.9 Å². The number of nitrogens with one attached hydrogen (secondary N) is 2. The van der Waals surface area contributed by atoms with Crippen LogP contribution in [-0.2, 0) is 16.1 Å². The fourth-order valence-corrected chi connectivity index (χ4v) is 3.62. The number of anilines is 1. The monoisotopic (exact) mass is 415 g/mol. The van der Waals surface area contributed by atoms with Gasteiger partial charge in [-0.1, -0.05) is 32.4 Å². The molecule has 1 aliphatic heterocycles. The molecule has 9 nitrogen and oxygen atoms in total. The Bertz CT molecular complexity index is 923. The zero-order chi connectivity index (χ0) is 21.7. The molecule has 0 spiro atoms. The van der Waals surface area contributed by atoms with Gasteiger partial charge in [0.25, 0.3) is 0 Å². The lowest BCUT2D eigenvalue weighted by Crippen LogP contribution is -2.44. The van der Waals surface area contributed by atoms with Crippen molar-refractivity contribution in [2.45, 2.75) is 52.1 Å². The maximum atomic E-state index is 12.5. The number of aliphatic carboxylic acids is 1. The molecule has 30 heavy (non-hydrogen) atoms. The molecule has 0 radical (unpaired) electrons. The Balaban J connectivity index is 1.36. The summed E-state index contributed by atoms with van der Waals surface area (Å²) >= 11 is 0. The van der Waals surface area contributed by atoms with Crippen molar-refractivity contribution in [2.75, 3.05) is 18.0 Å². The molecule has 1 unspecified atom stereocenters. The largest absolute Gasteiger partial charge is 0.480 e. The molecule has 3 rings (SSSR count). The van der Waals surface area contributed by atoms with Crippen LogP contribution in [0.1, 0.15) is 39.5 Å². The summed E-state index contributed by atoms with van der Waals surface area (Å²) in [5, 5.41) is 14.6. The Kier molecular flexibility index (Phi) is 6.91. The van der Waals surface area contributed by atoms with E-state index in [0.717, 1.165) is 30.4 Å². The van der Waals surface area contributed by atoms with Crippen LogP contribution in [0.2, 0.25) is 0 Å². The summed E-state index contributed by atoms with van der Waals surface area (Å²) in [5.74, 6) is -0.767. The van der Waals surface area contributed by atoms with Gasteiger partial charge in [-0.3, -0.25) is 9.69 Å². The SMILES string of the molecule is CC(C)C(NC(=O)CCCCCNC(=O)N1CCn2c1nc1ccccc12)C(=O)O. The summed E-state index contributed by atoms with van der Waals surface area (Å²) in [5.41, 5.74) is 1.91. The van der Waals surface area contributed by atoms with Gasteiger partial charge < -0.3 is 20.3 Å². The quantitative estimate of drug-likeness (QED) is 0.544. The number of unbranched alkanes of at least 4 members (excludes halogenated alkanes) is 2. The molecule has 3 N–H and O–H groups in total. The van der Waals surface area contributed by atoms with Crippen molar-refractivity contribution < 1.29 is 19.5 Å². The summed E-state index contributed by atoms with van der Waals surface area (Å²) in [6.07, 6.45) is 2.44. The number of amides is 3. The number of nitrogens with zero attached hydrogens (tertiary/aromatic N) is 3. The van der Waals surface area contributed by atoms with E-state index in [1.807, 2.05) is 24.3 Å². The van der Waals surface area contributed by atoms with Crippen LogP contribution in [-0.4, -0.2) is 51.7 Å². The van der Waals surface area contributed by atoms with Gasteiger partial charge in [0.15, 0.2) is 0 Å². The molecule has 9 heteroatoms. The second kappa shape index (κ2) is 9.60. The van der Waals surface area contributed by atoms with Gasteiger partial charge >= 0.3 is 12.0 Å². The number of carbonyl (C=O) groups is 3. The first-order valence-corrected chi connectivity index (χ1v) is 10.4. The highest BCUT2D eigenvalue weighted by atomic mass is 16.4. The highest BCUT2D eigenvalue weighted by Gasteiger charge is 2.28. The number of imidazole rings is 1. The van der Waals surface area contributed by atoms with E-state index in [2.05, 4.69) is 20.2 Å². The Labute approximate surface area is 175 Å². The third-order valence-electron chi connectivity index (χ3n) is 5.27. The number of benzene rings is 1. The summed E-state index contributed by atoms with van der Waals surface area (Å²) in [6, 6.07) is 6.81. The van der Waals surface area contributed by atoms with Crippen molar-refractivity contribution in [2.24, 2.45) is 5.92 Å². The number of fused-ring (bicyclic) bond motifs is 3. The highest BCUT2D eigenvalue weighted by molar-refractivity contribution is 5.93. The van der Waals surface area contributed by atoms with Crippen LogP contribution >= 0.6 is 0 Å². The average Bonchev–Trinajstić information content (AvgIpc) is 3.27. The van der Waals surface area contributed by atoms with Crippen LogP contribution in [0, 0.1) is 5.92 Å². The lowest BCUT2D eigenvalue weighted by Gasteiger charge is -2.17. The standard InChI is InChI=1S/C21H29N5O4/c1-14(2)18(19(28)29)24-17(27)10-4-3-7-11-22-21(30)26-13-12-25-16-9-6-5-8-15(16)23-20(25)26/h5-6,8-9,14,18H,3-4,7,10-13H2,1-2H3,(H,22,30)(H,24,27)(H,28,29). The van der Waals surface area contributed by atoms with E-state index in [0.29, 0.717) is 25.5 Å². The molecule has 2 aromatic rings. The van der Waals surface area contributed by atoms with Gasteiger partial charge in [0, 0.05) is 26.1 Å². The second-order valence-electron chi connectivity index (χ2n) is 7.87. The Morgan fingerprint density at radius 3 is 2.63 bits per heavy atom. The Morgan fingerprint density at radius 2 is 1.90 bits per heavy atom. The van der Waals surface area contributed by atoms with Crippen molar-refractivity contribution in [3.8, 4) is 0 Å². The third kappa shape index (κ3) is 4.90. The van der Waals surface area contributed by atoms with E-state index in [4.69, 9.17) is 5.11 Å². The number of aromatic nitrogens is 2. The smallest absolute Gasteiger partial charge is 0.326 e. The number of urea groups is 1. The Hall–Kier alpha value is -3.10. The highest BCUT2D eigenvalue weighted by Crippen LogP contribution is 2.26. The van der Waals surface area contributed by atoms with Crippen molar-refractivity contribution in [1.29, 1.82) is 0 Å². The fourth-order valence-electron chi connectivity index (χ4n) is 3.62. The minimum atomic E-state index is -1.02. The molecular weight excluding hydrogens is 386 g/mol. The first kappa shape index (κ1) is 21.6. The van der Waals surface area contributed by atoms with Crippen molar-refractivity contribution in [3.63, 3.8) is 0 Å². The minimum Gasteiger partial charge on any atom is -0.480 e. The summed E-state index contributed by atoms with van der Waals surface area (Å²) in [6.45, 7) is 5.36. The summed E-state index contributed by atoms with van der Waals surface area (Å²) in [4.78, 5) is 41.8. The number of hydrogen-bond acceptors (Lipinski definition) is 4. The first-order valence-electron chi connectivity index (χ1n) is 10.4. The van der Waals surface area contributed by atoms with Crippen molar-refractivity contribution >= 4 is 34.9 Å². The number of hydrogen-bond donors (Lipinski definition) is 3. The Morgan fingerprint density at radius 1 is 1.13 bits per heavy atom. The molecule has 0 saturated heterocycles. The predicted octanol–water partition coefficient (Wildman–Crippen LogP) is 2.35. The number of rotatable bonds is 9. The topological polar surface area (TPSA) is 117 Å². The van der Waals surface area contributed by atoms with E-state index in [9.17, 15) is 14.4 Å². The lowest BCUT2D eigenvalue weighted by molar-refractivity contribution is -0.143. The maximum Gasteiger partial charge on any atom is 0.326 e. The molecule has 0 saturated carbocycles. The molecule has 0 aliphatic carbocycles. The van der Waals surface area contributed by atoms with Crippen molar-refractivity contribution in [1.82, 2.24) is 20.2 Å². The van der Waals surface area contributed by atoms with Gasteiger partial charge in [-0.25, -0.2) is 14.6 Å². The van der Waals surface area contributed by atoms with Gasteiger partial charge in [0.05, 0.1) is 11.0 Å². The van der Waals surface area contributed by atoms with Crippen LogP contribution in [0.15, 0.2) is 24.3 Å². The molecule has 1 aromatic heterocycles. The summed E-state index contributed by atoms with van der Waals surface area (Å²) in [7, 11) is 0. The third-order valence-corrected chi connectivity index (χ3v) is 5.27. The van der Waals surface area contributed by atoms with E-state index in [-0.39, 0.29) is 24.3 Å². The molecular formula is C21H29N5O4. The van der Waals surface area contributed by atoms with Crippen molar-refractivity contribution in [3.05, 3.63) is 24.3 Å². The van der Waals surface area contributed by atoms with E-state index in [1.54, 1.807) is 18.7 Å². The fraction of sp³-hybridized carbons (Fsp3) is 0.524. The van der Waals surface area contributed by atoms with Crippen LogP contribution in [0.3, 0.4) is 0 Å². The minimum absolute atomic E-state index is 0.164. The zero-order valence-corrected chi connectivity index (χ0v) is 17.4. The molecule has 0 bridgehead atoms. The van der Waals surface area contributed by atoms with Crippen LogP contribution in [0.5, 0.6) is 0 Å². The number of para-hydroxylation sites is 2. The molecule has 1 atom stereocenters. The zero-order valence-electron chi connectivity index (χ0n) is 17.4. The van der Waals surface area contributed by atoms with Gasteiger partial charge in [0.2, 0.25) is 11.9 Å². The van der Waals surface area contributed by atoms with Crippen LogP contribution in [0.25, 0.3) is 11.0 Å². The van der Waals surface area contributed by atoms with Gasteiger partial charge in [-0.2, -0.15) is 0 Å². The molecule has 3 amide bonds. The predicted molar refractivity (Wildman–Crippen MR) is 113 cm³/mol. The van der Waals surface area contributed by atoms with Gasteiger partial charge in [-0.15, -0.1) is 0 Å². The molecule has 2 heterocycles. The molecule has 1 aliphatic rings. The molecule has 162 valence electrons. The average molecular weight is 415 g/mol. The second-order valence-corrected chi connectivity index (χ2v) is 7.87. The molecule has 1 aromatic carbocycles. The van der Waals surface area contributed by atoms with Crippen LogP contribution in [0.4, 0.5) is 10.7 Å². The number of carboxylic acid groups (broad SMARTS) is 1. The van der Waals surface area contributed by atoms with Crippen LogP contribution < -0.4 is 15.5 Å². The first-order chi connectivity index (χ1) is 14.4. The number of carboxylic acids is 1. The van der Waals surface area contributed by atoms with E-state index >= 15 is 0 Å². The lowest BCUT2D eigenvalue weighted by atomic mass is 10.0. The summed E-state index contributed by atoms with van der Waals surface area (Å²) < 4.78 is 2.05. The molecule has 0 fully saturated rings. The normalized spacial score (nSPS) is 14.0. The van der Waals surface area contributed by atoms with Gasteiger partial charge in [0.1, 0.15) is 6.04 Å². The number of carbonyl (C=O) groups excluding carboxylic acids is 2. The maximum absolute atomic E-state index is 12.5.